The maximum absolute atomic E-state index is 12.4. The predicted octanol–water partition coefficient (Wildman–Crippen LogP) is 2.52. The number of hydrogen-bond acceptors (Lipinski definition) is 3. The number of para-hydroxylation sites is 2. The molecule has 1 heterocycles. The number of hydrogen-bond donors (Lipinski definition) is 2. The lowest BCUT2D eigenvalue weighted by molar-refractivity contribution is -0.122. The summed E-state index contributed by atoms with van der Waals surface area (Å²) in [6.45, 7) is 1.12. The van der Waals surface area contributed by atoms with Gasteiger partial charge in [0.2, 0.25) is 5.91 Å². The third kappa shape index (κ3) is 2.70. The van der Waals surface area contributed by atoms with Crippen molar-refractivity contribution in [1.82, 2.24) is 5.32 Å². The highest BCUT2D eigenvalue weighted by Crippen LogP contribution is 2.31. The van der Waals surface area contributed by atoms with Crippen molar-refractivity contribution in [3.63, 3.8) is 0 Å². The van der Waals surface area contributed by atoms with E-state index in [-0.39, 0.29) is 11.8 Å². The summed E-state index contributed by atoms with van der Waals surface area (Å²) in [5.41, 5.74) is 3.09. The van der Waals surface area contributed by atoms with Crippen LogP contribution in [-0.2, 0) is 11.3 Å². The first-order valence-corrected chi connectivity index (χ1v) is 7.02. The fourth-order valence-electron chi connectivity index (χ4n) is 2.67. The van der Waals surface area contributed by atoms with E-state index in [1.54, 1.807) is 7.11 Å². The van der Waals surface area contributed by atoms with Crippen molar-refractivity contribution in [2.45, 2.75) is 12.5 Å². The second-order valence-electron chi connectivity index (χ2n) is 5.05. The summed E-state index contributed by atoms with van der Waals surface area (Å²) >= 11 is 0. The molecule has 2 aromatic rings. The Kier molecular flexibility index (Phi) is 3.77. The second kappa shape index (κ2) is 5.87. The molecule has 108 valence electrons. The van der Waals surface area contributed by atoms with Gasteiger partial charge in [-0.2, -0.15) is 0 Å². The first kappa shape index (κ1) is 13.5. The second-order valence-corrected chi connectivity index (χ2v) is 5.05. The molecule has 0 aromatic heterocycles. The minimum atomic E-state index is -0.129. The summed E-state index contributed by atoms with van der Waals surface area (Å²) in [5.74, 6) is 0.706. The van der Waals surface area contributed by atoms with Crippen LogP contribution in [0.15, 0.2) is 48.5 Å². The lowest BCUT2D eigenvalue weighted by Gasteiger charge is -2.13. The van der Waals surface area contributed by atoms with Gasteiger partial charge in [0.25, 0.3) is 0 Å². The zero-order valence-corrected chi connectivity index (χ0v) is 11.9. The molecule has 4 nitrogen and oxygen atoms in total. The lowest BCUT2D eigenvalue weighted by Crippen LogP contribution is -2.30. The highest BCUT2D eigenvalue weighted by atomic mass is 16.5. The third-order valence-corrected chi connectivity index (χ3v) is 3.79. The summed E-state index contributed by atoms with van der Waals surface area (Å²) in [6, 6.07) is 15.7. The third-order valence-electron chi connectivity index (χ3n) is 3.79. The van der Waals surface area contributed by atoms with Crippen LogP contribution in [0, 0.1) is 0 Å². The quantitative estimate of drug-likeness (QED) is 0.906. The Morgan fingerprint density at radius 2 is 2.00 bits per heavy atom. The number of carbonyl (C=O) groups is 1. The largest absolute Gasteiger partial charge is 0.496 e. The van der Waals surface area contributed by atoms with Gasteiger partial charge in [-0.05, 0) is 17.7 Å². The highest BCUT2D eigenvalue weighted by Gasteiger charge is 2.27. The van der Waals surface area contributed by atoms with E-state index in [1.807, 2.05) is 48.5 Å². The summed E-state index contributed by atoms with van der Waals surface area (Å²) in [4.78, 5) is 12.4. The van der Waals surface area contributed by atoms with E-state index in [4.69, 9.17) is 4.74 Å². The molecule has 1 aliphatic heterocycles. The fourth-order valence-corrected chi connectivity index (χ4v) is 2.67. The van der Waals surface area contributed by atoms with Crippen LogP contribution in [0.5, 0.6) is 5.75 Å². The summed E-state index contributed by atoms with van der Waals surface area (Å²) in [7, 11) is 1.64. The molecule has 0 aliphatic carbocycles. The van der Waals surface area contributed by atoms with Crippen LogP contribution in [0.25, 0.3) is 0 Å². The van der Waals surface area contributed by atoms with Crippen LogP contribution in [0.2, 0.25) is 0 Å². The number of benzene rings is 2. The Labute approximate surface area is 124 Å². The van der Waals surface area contributed by atoms with Crippen molar-refractivity contribution in [3.05, 3.63) is 59.7 Å². The summed E-state index contributed by atoms with van der Waals surface area (Å²) in [6.07, 6.45) is 0. The monoisotopic (exact) mass is 282 g/mol. The number of ether oxygens (including phenoxy) is 1. The fraction of sp³-hybridized carbons (Fsp3) is 0.235. The zero-order chi connectivity index (χ0) is 14.7. The molecular formula is C17H18N2O2. The maximum Gasteiger partial charge on any atom is 0.229 e. The maximum atomic E-state index is 12.4. The van der Waals surface area contributed by atoms with Gasteiger partial charge in [0, 0.05) is 24.3 Å². The van der Waals surface area contributed by atoms with Crippen LogP contribution in [-0.4, -0.2) is 19.6 Å². The molecule has 0 fully saturated rings. The number of nitrogens with one attached hydrogen (secondary N) is 2. The number of methoxy groups -OCH3 is 1. The minimum Gasteiger partial charge on any atom is -0.496 e. The van der Waals surface area contributed by atoms with Gasteiger partial charge >= 0.3 is 0 Å². The molecule has 2 N–H and O–H groups in total. The Morgan fingerprint density at radius 1 is 1.24 bits per heavy atom. The average molecular weight is 282 g/mol. The molecular weight excluding hydrogens is 264 g/mol. The van der Waals surface area contributed by atoms with E-state index in [2.05, 4.69) is 10.6 Å². The van der Waals surface area contributed by atoms with E-state index < -0.39 is 0 Å². The predicted molar refractivity (Wildman–Crippen MR) is 82.5 cm³/mol. The summed E-state index contributed by atoms with van der Waals surface area (Å²) < 4.78 is 5.30. The molecule has 0 spiro atoms. The molecule has 1 atom stereocenters. The van der Waals surface area contributed by atoms with E-state index >= 15 is 0 Å². The number of anilines is 1. The highest BCUT2D eigenvalue weighted by molar-refractivity contribution is 5.88. The van der Waals surface area contributed by atoms with Gasteiger partial charge < -0.3 is 15.4 Å². The van der Waals surface area contributed by atoms with E-state index in [0.29, 0.717) is 13.1 Å². The molecule has 2 aromatic carbocycles. The van der Waals surface area contributed by atoms with Crippen LogP contribution in [0.3, 0.4) is 0 Å². The van der Waals surface area contributed by atoms with Crippen LogP contribution in [0.1, 0.15) is 17.0 Å². The number of rotatable bonds is 4. The lowest BCUT2D eigenvalue weighted by atomic mass is 10.0. The van der Waals surface area contributed by atoms with E-state index in [1.165, 1.54) is 0 Å². The SMILES string of the molecule is COc1ccccc1CNC(=O)C1CNc2ccccc21. The zero-order valence-electron chi connectivity index (χ0n) is 11.9. The van der Waals surface area contributed by atoms with Crippen LogP contribution >= 0.6 is 0 Å². The molecule has 1 unspecified atom stereocenters. The number of carbonyl (C=O) groups excluding carboxylic acids is 1. The van der Waals surface area contributed by atoms with Gasteiger partial charge in [0.1, 0.15) is 5.75 Å². The van der Waals surface area contributed by atoms with Crippen molar-refractivity contribution in [1.29, 1.82) is 0 Å². The van der Waals surface area contributed by atoms with Crippen molar-refractivity contribution in [3.8, 4) is 5.75 Å². The van der Waals surface area contributed by atoms with E-state index in [9.17, 15) is 4.79 Å². The van der Waals surface area contributed by atoms with Gasteiger partial charge in [0.05, 0.1) is 13.0 Å². The molecule has 0 saturated heterocycles. The minimum absolute atomic E-state index is 0.0401. The van der Waals surface area contributed by atoms with Crippen molar-refractivity contribution < 1.29 is 9.53 Å². The van der Waals surface area contributed by atoms with Crippen molar-refractivity contribution >= 4 is 11.6 Å². The molecule has 4 heteroatoms. The number of amides is 1. The van der Waals surface area contributed by atoms with Crippen molar-refractivity contribution in [2.24, 2.45) is 0 Å². The molecule has 0 radical (unpaired) electrons. The topological polar surface area (TPSA) is 50.4 Å². The molecule has 0 bridgehead atoms. The smallest absolute Gasteiger partial charge is 0.229 e. The Balaban J connectivity index is 1.68. The van der Waals surface area contributed by atoms with Crippen molar-refractivity contribution in [2.75, 3.05) is 19.0 Å². The van der Waals surface area contributed by atoms with Gasteiger partial charge in [-0.1, -0.05) is 36.4 Å². The Morgan fingerprint density at radius 3 is 2.86 bits per heavy atom. The van der Waals surface area contributed by atoms with Gasteiger partial charge in [-0.25, -0.2) is 0 Å². The molecule has 0 saturated carbocycles. The summed E-state index contributed by atoms with van der Waals surface area (Å²) in [5, 5.41) is 6.26. The first-order valence-electron chi connectivity index (χ1n) is 7.02. The molecule has 1 amide bonds. The number of fused-ring (bicyclic) bond motifs is 1. The molecule has 21 heavy (non-hydrogen) atoms. The van der Waals surface area contributed by atoms with Gasteiger partial charge in [0.15, 0.2) is 0 Å². The van der Waals surface area contributed by atoms with E-state index in [0.717, 1.165) is 22.6 Å². The standard InChI is InChI=1S/C17H18N2O2/c1-21-16-9-5-2-6-12(16)10-19-17(20)14-11-18-15-8-4-3-7-13(14)15/h2-9,14,18H,10-11H2,1H3,(H,19,20). The average Bonchev–Trinajstić information content (AvgIpc) is 2.97. The Hall–Kier alpha value is -2.49. The van der Waals surface area contributed by atoms with Crippen LogP contribution in [0.4, 0.5) is 5.69 Å². The van der Waals surface area contributed by atoms with Gasteiger partial charge in [-0.3, -0.25) is 4.79 Å². The van der Waals surface area contributed by atoms with Crippen LogP contribution < -0.4 is 15.4 Å². The normalized spacial score (nSPS) is 16.0. The first-order chi connectivity index (χ1) is 10.3. The molecule has 1 aliphatic rings. The van der Waals surface area contributed by atoms with Gasteiger partial charge in [-0.15, -0.1) is 0 Å². The Bertz CT molecular complexity index is 655. The molecule has 3 rings (SSSR count).